The van der Waals surface area contributed by atoms with Crippen molar-refractivity contribution < 1.29 is 4.74 Å². The Hall–Kier alpha value is -1.28. The number of rotatable bonds is 6. The van der Waals surface area contributed by atoms with E-state index in [4.69, 9.17) is 4.74 Å². The van der Waals surface area contributed by atoms with Crippen LogP contribution in [0.2, 0.25) is 0 Å². The second kappa shape index (κ2) is 8.38. The molecular weight excluding hydrogens is 270 g/mol. The maximum atomic E-state index is 5.50. The molecule has 22 heavy (non-hydrogen) atoms. The Morgan fingerprint density at radius 3 is 2.77 bits per heavy atom. The molecule has 0 aliphatic carbocycles. The molecule has 2 nitrogen and oxygen atoms in total. The van der Waals surface area contributed by atoms with Gasteiger partial charge in [0.15, 0.2) is 0 Å². The molecule has 2 heteroatoms. The first-order valence-electron chi connectivity index (χ1n) is 8.66. The summed E-state index contributed by atoms with van der Waals surface area (Å²) < 4.78 is 5.50. The number of benzene rings is 1. The lowest BCUT2D eigenvalue weighted by molar-refractivity contribution is 0.220. The van der Waals surface area contributed by atoms with Crippen LogP contribution in [-0.4, -0.2) is 31.1 Å². The molecule has 1 fully saturated rings. The molecule has 1 atom stereocenters. The number of methoxy groups -OCH3 is 1. The lowest BCUT2D eigenvalue weighted by Gasteiger charge is -2.29. The first-order chi connectivity index (χ1) is 10.6. The van der Waals surface area contributed by atoms with E-state index in [0.717, 1.165) is 18.7 Å². The maximum Gasteiger partial charge on any atom is 0.119 e. The van der Waals surface area contributed by atoms with Crippen molar-refractivity contribution in [3.05, 3.63) is 42.0 Å². The molecule has 1 aromatic carbocycles. The van der Waals surface area contributed by atoms with E-state index in [1.165, 1.54) is 43.4 Å². The fourth-order valence-electron chi connectivity index (χ4n) is 3.40. The van der Waals surface area contributed by atoms with Crippen molar-refractivity contribution in [2.45, 2.75) is 57.9 Å². The topological polar surface area (TPSA) is 12.5 Å². The zero-order valence-corrected chi connectivity index (χ0v) is 14.5. The quantitative estimate of drug-likeness (QED) is 0.700. The van der Waals surface area contributed by atoms with Gasteiger partial charge in [-0.15, -0.1) is 6.58 Å². The van der Waals surface area contributed by atoms with Gasteiger partial charge in [-0.25, -0.2) is 0 Å². The normalized spacial score (nSPS) is 19.9. The molecule has 122 valence electrons. The smallest absolute Gasteiger partial charge is 0.119 e. The lowest BCUT2D eigenvalue weighted by Crippen LogP contribution is -2.36. The SMILES string of the molecule is C=CCN1CCCCCC1Cc1cc(OC)cc(C(C)C)c1. The van der Waals surface area contributed by atoms with Crippen molar-refractivity contribution >= 4 is 0 Å². The molecule has 0 spiro atoms. The molecular formula is C20H31NO. The summed E-state index contributed by atoms with van der Waals surface area (Å²) in [5, 5.41) is 0. The van der Waals surface area contributed by atoms with Crippen molar-refractivity contribution in [2.75, 3.05) is 20.2 Å². The number of nitrogens with zero attached hydrogens (tertiary/aromatic N) is 1. The molecule has 0 N–H and O–H groups in total. The average Bonchev–Trinajstić information content (AvgIpc) is 2.73. The molecule has 1 aliphatic rings. The van der Waals surface area contributed by atoms with Gasteiger partial charge in [-0.3, -0.25) is 4.90 Å². The zero-order valence-electron chi connectivity index (χ0n) is 14.5. The lowest BCUT2D eigenvalue weighted by atomic mass is 9.95. The Labute approximate surface area is 136 Å². The molecule has 0 amide bonds. The van der Waals surface area contributed by atoms with Gasteiger partial charge in [0.2, 0.25) is 0 Å². The van der Waals surface area contributed by atoms with Crippen LogP contribution in [0.3, 0.4) is 0 Å². The molecule has 0 radical (unpaired) electrons. The van der Waals surface area contributed by atoms with Crippen molar-refractivity contribution in [3.63, 3.8) is 0 Å². The van der Waals surface area contributed by atoms with E-state index in [1.807, 2.05) is 6.08 Å². The van der Waals surface area contributed by atoms with E-state index in [-0.39, 0.29) is 0 Å². The Balaban J connectivity index is 2.19. The highest BCUT2D eigenvalue weighted by Gasteiger charge is 2.20. The monoisotopic (exact) mass is 301 g/mol. The van der Waals surface area contributed by atoms with Crippen LogP contribution in [0.25, 0.3) is 0 Å². The average molecular weight is 301 g/mol. The molecule has 1 saturated heterocycles. The molecule has 1 aliphatic heterocycles. The summed E-state index contributed by atoms with van der Waals surface area (Å²) >= 11 is 0. The van der Waals surface area contributed by atoms with Crippen molar-refractivity contribution in [2.24, 2.45) is 0 Å². The van der Waals surface area contributed by atoms with Crippen LogP contribution in [-0.2, 0) is 6.42 Å². The van der Waals surface area contributed by atoms with Crippen LogP contribution in [0.15, 0.2) is 30.9 Å². The third kappa shape index (κ3) is 4.61. The Morgan fingerprint density at radius 2 is 2.09 bits per heavy atom. The van der Waals surface area contributed by atoms with Gasteiger partial charge in [0.1, 0.15) is 5.75 Å². The maximum absolute atomic E-state index is 5.50. The van der Waals surface area contributed by atoms with E-state index >= 15 is 0 Å². The van der Waals surface area contributed by atoms with Gasteiger partial charge in [-0.2, -0.15) is 0 Å². The minimum atomic E-state index is 0.535. The highest BCUT2D eigenvalue weighted by molar-refractivity contribution is 5.36. The number of hydrogen-bond acceptors (Lipinski definition) is 2. The van der Waals surface area contributed by atoms with E-state index in [2.05, 4.69) is 43.5 Å². The van der Waals surface area contributed by atoms with Gasteiger partial charge in [0.25, 0.3) is 0 Å². The first-order valence-corrected chi connectivity index (χ1v) is 8.66. The van der Waals surface area contributed by atoms with Crippen molar-refractivity contribution in [1.82, 2.24) is 4.90 Å². The van der Waals surface area contributed by atoms with Crippen LogP contribution in [0.4, 0.5) is 0 Å². The van der Waals surface area contributed by atoms with Gasteiger partial charge >= 0.3 is 0 Å². The summed E-state index contributed by atoms with van der Waals surface area (Å²) in [7, 11) is 1.76. The zero-order chi connectivity index (χ0) is 15.9. The number of ether oxygens (including phenoxy) is 1. The molecule has 1 unspecified atom stereocenters. The molecule has 2 rings (SSSR count). The fraction of sp³-hybridized carbons (Fsp3) is 0.600. The van der Waals surface area contributed by atoms with Crippen LogP contribution in [0.5, 0.6) is 5.75 Å². The van der Waals surface area contributed by atoms with E-state index in [1.54, 1.807) is 7.11 Å². The fourth-order valence-corrected chi connectivity index (χ4v) is 3.40. The molecule has 0 saturated carbocycles. The van der Waals surface area contributed by atoms with Gasteiger partial charge < -0.3 is 4.74 Å². The first kappa shape index (κ1) is 17.1. The van der Waals surface area contributed by atoms with E-state index in [9.17, 15) is 0 Å². The Morgan fingerprint density at radius 1 is 1.27 bits per heavy atom. The van der Waals surface area contributed by atoms with Gasteiger partial charge in [0, 0.05) is 12.6 Å². The van der Waals surface area contributed by atoms with E-state index < -0.39 is 0 Å². The largest absolute Gasteiger partial charge is 0.497 e. The summed E-state index contributed by atoms with van der Waals surface area (Å²) in [6.07, 6.45) is 8.48. The summed E-state index contributed by atoms with van der Waals surface area (Å²) in [5.74, 6) is 1.53. The number of likely N-dealkylation sites (tertiary alicyclic amines) is 1. The predicted octanol–water partition coefficient (Wildman–Crippen LogP) is 4.79. The summed E-state index contributed by atoms with van der Waals surface area (Å²) in [5.41, 5.74) is 2.78. The molecule has 0 bridgehead atoms. The van der Waals surface area contributed by atoms with Crippen molar-refractivity contribution in [1.29, 1.82) is 0 Å². The van der Waals surface area contributed by atoms with Crippen LogP contribution < -0.4 is 4.74 Å². The van der Waals surface area contributed by atoms with Gasteiger partial charge in [-0.1, -0.05) is 38.8 Å². The Bertz CT molecular complexity index is 481. The Kier molecular flexibility index (Phi) is 6.50. The van der Waals surface area contributed by atoms with Crippen LogP contribution >= 0.6 is 0 Å². The summed E-state index contributed by atoms with van der Waals surface area (Å²) in [4.78, 5) is 2.61. The van der Waals surface area contributed by atoms with Crippen LogP contribution in [0, 0.1) is 0 Å². The second-order valence-corrected chi connectivity index (χ2v) is 6.76. The van der Waals surface area contributed by atoms with Crippen LogP contribution in [0.1, 0.15) is 56.6 Å². The highest BCUT2D eigenvalue weighted by atomic mass is 16.5. The number of hydrogen-bond donors (Lipinski definition) is 0. The summed E-state index contributed by atoms with van der Waals surface area (Å²) in [6, 6.07) is 7.38. The third-order valence-electron chi connectivity index (χ3n) is 4.73. The minimum Gasteiger partial charge on any atom is -0.497 e. The molecule has 1 heterocycles. The van der Waals surface area contributed by atoms with Gasteiger partial charge in [0.05, 0.1) is 7.11 Å². The third-order valence-corrected chi connectivity index (χ3v) is 4.73. The summed E-state index contributed by atoms with van der Waals surface area (Å²) in [6.45, 7) is 10.6. The van der Waals surface area contributed by atoms with Gasteiger partial charge in [-0.05, 0) is 55.0 Å². The van der Waals surface area contributed by atoms with E-state index in [0.29, 0.717) is 12.0 Å². The minimum absolute atomic E-state index is 0.535. The molecule has 0 aromatic heterocycles. The molecule has 1 aromatic rings. The highest BCUT2D eigenvalue weighted by Crippen LogP contribution is 2.26. The van der Waals surface area contributed by atoms with Crippen molar-refractivity contribution in [3.8, 4) is 5.75 Å². The predicted molar refractivity (Wildman–Crippen MR) is 94.8 cm³/mol. The second-order valence-electron chi connectivity index (χ2n) is 6.76. The standard InChI is InChI=1S/C20H31NO/c1-5-10-21-11-8-6-7-9-19(21)13-17-12-18(16(2)3)15-20(14-17)22-4/h5,12,14-16,19H,1,6-11,13H2,2-4H3.